The van der Waals surface area contributed by atoms with Crippen LogP contribution in [0.4, 0.5) is 0 Å². The summed E-state index contributed by atoms with van der Waals surface area (Å²) >= 11 is 0. The van der Waals surface area contributed by atoms with Gasteiger partial charge in [0.1, 0.15) is 0 Å². The first-order valence-electron chi connectivity index (χ1n) is 2.87. The monoisotopic (exact) mass is 146 g/mol. The van der Waals surface area contributed by atoms with Crippen LogP contribution < -0.4 is 0 Å². The molecule has 0 rings (SSSR count). The van der Waals surface area contributed by atoms with Crippen LogP contribution in [0.15, 0.2) is 11.8 Å². The molecule has 10 heavy (non-hydrogen) atoms. The summed E-state index contributed by atoms with van der Waals surface area (Å²) in [6.45, 7) is 1.37. The lowest BCUT2D eigenvalue weighted by molar-refractivity contribution is -0.139. The van der Waals surface area contributed by atoms with Crippen molar-refractivity contribution in [2.45, 2.75) is 6.92 Å². The summed E-state index contributed by atoms with van der Waals surface area (Å²) < 4.78 is 4.46. The molecule has 0 fully saturated rings. The van der Waals surface area contributed by atoms with E-state index in [2.05, 4.69) is 4.74 Å². The van der Waals surface area contributed by atoms with Crippen molar-refractivity contribution in [1.29, 1.82) is 0 Å². The molecular formula is C6H10O4. The lowest BCUT2D eigenvalue weighted by atomic mass is 10.3. The molecule has 0 aromatic heterocycles. The van der Waals surface area contributed by atoms with Crippen molar-refractivity contribution in [3.05, 3.63) is 11.8 Å². The molecule has 0 aliphatic rings. The Balaban J connectivity index is 3.91. The molecule has 0 saturated heterocycles. The molecule has 0 bridgehead atoms. The maximum Gasteiger partial charge on any atom is 0.339 e. The highest BCUT2D eigenvalue weighted by atomic mass is 16.5. The summed E-state index contributed by atoms with van der Waals surface area (Å²) in [5.41, 5.74) is -0.137. The average Bonchev–Trinajstić information content (AvgIpc) is 1.91. The first kappa shape index (κ1) is 8.97. The van der Waals surface area contributed by atoms with Gasteiger partial charge in [-0.05, 0) is 6.92 Å². The summed E-state index contributed by atoms with van der Waals surface area (Å²) in [5.74, 6) is -0.687. The van der Waals surface area contributed by atoms with Crippen LogP contribution in [0.2, 0.25) is 0 Å². The molecule has 0 heterocycles. The van der Waals surface area contributed by atoms with Crippen molar-refractivity contribution in [3.8, 4) is 0 Å². The van der Waals surface area contributed by atoms with Gasteiger partial charge in [0.05, 0.1) is 25.0 Å². The summed E-state index contributed by atoms with van der Waals surface area (Å²) in [7, 11) is 0. The molecule has 2 N–H and O–H groups in total. The molecular weight excluding hydrogens is 136 g/mol. The van der Waals surface area contributed by atoms with Crippen LogP contribution in [0, 0.1) is 0 Å². The molecule has 0 unspecified atom stereocenters. The quantitative estimate of drug-likeness (QED) is 0.333. The lowest BCUT2D eigenvalue weighted by Gasteiger charge is -2.00. The predicted octanol–water partition coefficient (Wildman–Crippen LogP) is -0.0163. The lowest BCUT2D eigenvalue weighted by Crippen LogP contribution is -2.10. The Morgan fingerprint density at radius 2 is 2.30 bits per heavy atom. The van der Waals surface area contributed by atoms with E-state index in [0.29, 0.717) is 6.26 Å². The highest BCUT2D eigenvalue weighted by molar-refractivity contribution is 5.88. The fourth-order valence-electron chi connectivity index (χ4n) is 0.382. The van der Waals surface area contributed by atoms with Gasteiger partial charge < -0.3 is 14.9 Å². The van der Waals surface area contributed by atoms with Gasteiger partial charge in [0.2, 0.25) is 0 Å². The summed E-state index contributed by atoms with van der Waals surface area (Å²) in [6, 6.07) is 0. The maximum atomic E-state index is 10.6. The van der Waals surface area contributed by atoms with E-state index >= 15 is 0 Å². The van der Waals surface area contributed by atoms with Gasteiger partial charge in [0.15, 0.2) is 0 Å². The third kappa shape index (κ3) is 2.50. The molecule has 0 aliphatic heterocycles. The van der Waals surface area contributed by atoms with Gasteiger partial charge in [0.25, 0.3) is 0 Å². The Morgan fingerprint density at radius 3 is 2.60 bits per heavy atom. The average molecular weight is 146 g/mol. The van der Waals surface area contributed by atoms with E-state index in [1.54, 1.807) is 6.92 Å². The van der Waals surface area contributed by atoms with Crippen LogP contribution in [0.3, 0.4) is 0 Å². The van der Waals surface area contributed by atoms with Gasteiger partial charge in [-0.25, -0.2) is 4.79 Å². The first-order chi connectivity index (χ1) is 4.76. The largest absolute Gasteiger partial charge is 0.515 e. The topological polar surface area (TPSA) is 66.8 Å². The van der Waals surface area contributed by atoms with Gasteiger partial charge in [-0.1, -0.05) is 0 Å². The van der Waals surface area contributed by atoms with E-state index in [9.17, 15) is 4.79 Å². The molecule has 0 spiro atoms. The van der Waals surface area contributed by atoms with E-state index in [0.717, 1.165) is 0 Å². The number of aliphatic hydroxyl groups is 2. The second-order valence-corrected chi connectivity index (χ2v) is 1.53. The SMILES string of the molecule is CCOC(=O)C(=CO)CO. The number of ether oxygens (including phenoxy) is 1. The first-order valence-corrected chi connectivity index (χ1v) is 2.87. The number of esters is 1. The zero-order valence-corrected chi connectivity index (χ0v) is 5.70. The van der Waals surface area contributed by atoms with Gasteiger partial charge >= 0.3 is 5.97 Å². The molecule has 0 aliphatic carbocycles. The summed E-state index contributed by atoms with van der Waals surface area (Å²) in [5, 5.41) is 16.7. The molecule has 0 atom stereocenters. The smallest absolute Gasteiger partial charge is 0.339 e. The fourth-order valence-corrected chi connectivity index (χ4v) is 0.382. The molecule has 0 radical (unpaired) electrons. The zero-order chi connectivity index (χ0) is 7.98. The minimum Gasteiger partial charge on any atom is -0.515 e. The minimum absolute atomic E-state index is 0.137. The van der Waals surface area contributed by atoms with Crippen molar-refractivity contribution in [2.75, 3.05) is 13.2 Å². The molecule has 0 aromatic carbocycles. The maximum absolute atomic E-state index is 10.6. The number of rotatable bonds is 3. The van der Waals surface area contributed by atoms with Gasteiger partial charge in [-0.15, -0.1) is 0 Å². The third-order valence-electron chi connectivity index (χ3n) is 0.864. The highest BCUT2D eigenvalue weighted by Crippen LogP contribution is 1.94. The molecule has 0 saturated carbocycles. The van der Waals surface area contributed by atoms with Gasteiger partial charge in [-0.2, -0.15) is 0 Å². The normalized spacial score (nSPS) is 11.2. The van der Waals surface area contributed by atoms with Crippen LogP contribution >= 0.6 is 0 Å². The van der Waals surface area contributed by atoms with Crippen molar-refractivity contribution in [2.24, 2.45) is 0 Å². The third-order valence-corrected chi connectivity index (χ3v) is 0.864. The fraction of sp³-hybridized carbons (Fsp3) is 0.500. The van der Waals surface area contributed by atoms with Crippen LogP contribution in [-0.2, 0) is 9.53 Å². The van der Waals surface area contributed by atoms with Crippen LogP contribution in [0.1, 0.15) is 6.92 Å². The predicted molar refractivity (Wildman–Crippen MR) is 34.4 cm³/mol. The Bertz CT molecular complexity index is 139. The van der Waals surface area contributed by atoms with Crippen molar-refractivity contribution < 1.29 is 19.7 Å². The molecule has 58 valence electrons. The Kier molecular flexibility index (Phi) is 4.32. The Labute approximate surface area is 58.7 Å². The number of hydrogen-bond acceptors (Lipinski definition) is 4. The van der Waals surface area contributed by atoms with Crippen LogP contribution in [-0.4, -0.2) is 29.4 Å². The molecule has 4 heteroatoms. The zero-order valence-electron chi connectivity index (χ0n) is 5.70. The van der Waals surface area contributed by atoms with E-state index in [1.807, 2.05) is 0 Å². The Morgan fingerprint density at radius 1 is 1.70 bits per heavy atom. The number of hydrogen-bond donors (Lipinski definition) is 2. The van der Waals surface area contributed by atoms with Crippen molar-refractivity contribution in [3.63, 3.8) is 0 Å². The summed E-state index contributed by atoms with van der Waals surface area (Å²) in [4.78, 5) is 10.6. The number of carbonyl (C=O) groups excluding carboxylic acids is 1. The van der Waals surface area contributed by atoms with Crippen molar-refractivity contribution >= 4 is 5.97 Å². The Hall–Kier alpha value is -1.03. The van der Waals surface area contributed by atoms with Gasteiger partial charge in [0, 0.05) is 0 Å². The molecule has 0 amide bonds. The summed E-state index contributed by atoms with van der Waals surface area (Å²) in [6.07, 6.45) is 0.540. The molecule has 0 aromatic rings. The van der Waals surface area contributed by atoms with Crippen LogP contribution in [0.5, 0.6) is 0 Å². The number of carbonyl (C=O) groups is 1. The van der Waals surface area contributed by atoms with E-state index < -0.39 is 12.6 Å². The van der Waals surface area contributed by atoms with Gasteiger partial charge in [-0.3, -0.25) is 0 Å². The van der Waals surface area contributed by atoms with E-state index in [-0.39, 0.29) is 12.2 Å². The van der Waals surface area contributed by atoms with Crippen LogP contribution in [0.25, 0.3) is 0 Å². The molecule has 4 nitrogen and oxygen atoms in total. The van der Waals surface area contributed by atoms with E-state index in [1.165, 1.54) is 0 Å². The standard InChI is InChI=1S/C6H10O4/c1-2-10-6(9)5(3-7)4-8/h3,7-8H,2,4H2,1H3. The van der Waals surface area contributed by atoms with E-state index in [4.69, 9.17) is 10.2 Å². The number of aliphatic hydroxyl groups excluding tert-OH is 2. The second kappa shape index (κ2) is 4.81. The second-order valence-electron chi connectivity index (χ2n) is 1.53. The highest BCUT2D eigenvalue weighted by Gasteiger charge is 2.07. The minimum atomic E-state index is -0.687. The van der Waals surface area contributed by atoms with Crippen molar-refractivity contribution in [1.82, 2.24) is 0 Å².